The zero-order valence-electron chi connectivity index (χ0n) is 25.3. The van der Waals surface area contributed by atoms with E-state index in [9.17, 15) is 9.59 Å². The third kappa shape index (κ3) is 3.97. The molecule has 0 radical (unpaired) electrons. The van der Waals surface area contributed by atoms with Crippen LogP contribution in [-0.4, -0.2) is 11.6 Å². The van der Waals surface area contributed by atoms with E-state index in [0.29, 0.717) is 33.6 Å². The van der Waals surface area contributed by atoms with Gasteiger partial charge in [-0.25, -0.2) is 0 Å². The fraction of sp³-hybridized carbons (Fsp3) is 0.278. The molecule has 0 atom stereocenters. The molecule has 0 aromatic heterocycles. The van der Waals surface area contributed by atoms with E-state index < -0.39 is 0 Å². The van der Waals surface area contributed by atoms with Crippen LogP contribution in [0, 0.1) is 69.2 Å². The maximum absolute atomic E-state index is 14.1. The van der Waals surface area contributed by atoms with Gasteiger partial charge in [-0.3, -0.25) is 9.59 Å². The average molecular weight is 531 g/mol. The first-order valence-electron chi connectivity index (χ1n) is 13.9. The fourth-order valence-electron chi connectivity index (χ4n) is 6.08. The smallest absolute Gasteiger partial charge is 0.196 e. The largest absolute Gasteiger partial charge is 0.354 e. The molecule has 1 aliphatic carbocycles. The molecule has 0 saturated carbocycles. The highest BCUT2D eigenvalue weighted by atomic mass is 16.1. The molecule has 0 aliphatic heterocycles. The molecule has 2 N–H and O–H groups in total. The lowest BCUT2D eigenvalue weighted by molar-refractivity contribution is 0.0980. The van der Waals surface area contributed by atoms with Crippen LogP contribution >= 0.6 is 0 Å². The van der Waals surface area contributed by atoms with Gasteiger partial charge in [-0.05, 0) is 137 Å². The van der Waals surface area contributed by atoms with Crippen molar-refractivity contribution in [1.29, 1.82) is 0 Å². The van der Waals surface area contributed by atoms with Gasteiger partial charge in [0.05, 0.1) is 22.5 Å². The van der Waals surface area contributed by atoms with Crippen molar-refractivity contribution in [2.24, 2.45) is 0 Å². The second-order valence-corrected chi connectivity index (χ2v) is 11.4. The fourth-order valence-corrected chi connectivity index (χ4v) is 6.08. The Bertz CT molecular complexity index is 1590. The Morgan fingerprint density at radius 1 is 0.400 bits per heavy atom. The standard InChI is InChI=1S/C36H38N2O2/c1-17-19(3)23(7)33(24(8)20(17)4)37-29-15-16-30(38-34-25(9)21(5)18(2)22(6)26(34)10)32-31(29)35(39)27-13-11-12-14-28(27)36(32)40/h11-16,37-38H,1-10H3. The second-order valence-electron chi connectivity index (χ2n) is 11.4. The van der Waals surface area contributed by atoms with Crippen molar-refractivity contribution < 1.29 is 9.59 Å². The van der Waals surface area contributed by atoms with Gasteiger partial charge >= 0.3 is 0 Å². The first-order chi connectivity index (χ1) is 18.9. The number of ketones is 2. The molecule has 4 nitrogen and oxygen atoms in total. The van der Waals surface area contributed by atoms with E-state index in [4.69, 9.17) is 0 Å². The minimum absolute atomic E-state index is 0.142. The molecular formula is C36H38N2O2. The molecule has 4 heteroatoms. The summed E-state index contributed by atoms with van der Waals surface area (Å²) in [4.78, 5) is 28.2. The van der Waals surface area contributed by atoms with Crippen LogP contribution in [0.5, 0.6) is 0 Å². The summed E-state index contributed by atoms with van der Waals surface area (Å²) in [6.45, 7) is 21.2. The van der Waals surface area contributed by atoms with E-state index in [2.05, 4.69) is 79.9 Å². The van der Waals surface area contributed by atoms with Gasteiger partial charge in [0.2, 0.25) is 0 Å². The normalized spacial score (nSPS) is 12.3. The maximum atomic E-state index is 14.1. The molecule has 1 aliphatic rings. The van der Waals surface area contributed by atoms with E-state index in [1.54, 1.807) is 12.1 Å². The van der Waals surface area contributed by atoms with E-state index in [0.717, 1.165) is 33.6 Å². The van der Waals surface area contributed by atoms with Crippen LogP contribution in [0.3, 0.4) is 0 Å². The minimum atomic E-state index is -0.142. The Labute approximate surface area is 237 Å². The Morgan fingerprint density at radius 2 is 0.675 bits per heavy atom. The second kappa shape index (κ2) is 9.78. The monoisotopic (exact) mass is 530 g/mol. The van der Waals surface area contributed by atoms with Gasteiger partial charge in [0.15, 0.2) is 11.6 Å². The van der Waals surface area contributed by atoms with Crippen molar-refractivity contribution in [2.75, 3.05) is 10.6 Å². The molecule has 0 amide bonds. The molecule has 40 heavy (non-hydrogen) atoms. The SMILES string of the molecule is Cc1c(C)c(C)c(Nc2ccc(Nc3c(C)c(C)c(C)c(C)c3C)c3c2C(=O)c2ccccc2C3=O)c(C)c1C. The van der Waals surface area contributed by atoms with Gasteiger partial charge in [0.1, 0.15) is 0 Å². The van der Waals surface area contributed by atoms with Crippen molar-refractivity contribution in [1.82, 2.24) is 0 Å². The summed E-state index contributed by atoms with van der Waals surface area (Å²) >= 11 is 0. The summed E-state index contributed by atoms with van der Waals surface area (Å²) in [6.07, 6.45) is 0. The summed E-state index contributed by atoms with van der Waals surface area (Å²) in [6, 6.07) is 11.0. The van der Waals surface area contributed by atoms with Crippen LogP contribution in [0.25, 0.3) is 0 Å². The lowest BCUT2D eigenvalue weighted by atomic mass is 9.82. The molecule has 0 heterocycles. The Balaban J connectivity index is 1.75. The number of hydrogen-bond donors (Lipinski definition) is 2. The highest BCUT2D eigenvalue weighted by molar-refractivity contribution is 6.32. The minimum Gasteiger partial charge on any atom is -0.354 e. The molecule has 204 valence electrons. The Kier molecular flexibility index (Phi) is 6.70. The van der Waals surface area contributed by atoms with Gasteiger partial charge in [-0.2, -0.15) is 0 Å². The zero-order chi connectivity index (χ0) is 29.2. The Hall–Kier alpha value is -4.18. The van der Waals surface area contributed by atoms with Crippen LogP contribution in [0.2, 0.25) is 0 Å². The summed E-state index contributed by atoms with van der Waals surface area (Å²) in [5, 5.41) is 7.20. The van der Waals surface area contributed by atoms with Crippen molar-refractivity contribution in [3.05, 3.63) is 114 Å². The third-order valence-corrected chi connectivity index (χ3v) is 9.60. The summed E-state index contributed by atoms with van der Waals surface area (Å²) < 4.78 is 0. The highest BCUT2D eigenvalue weighted by Gasteiger charge is 2.34. The van der Waals surface area contributed by atoms with E-state index in [1.807, 2.05) is 24.3 Å². The number of fused-ring (bicyclic) bond motifs is 2. The number of anilines is 4. The molecule has 0 unspecified atom stereocenters. The first kappa shape index (κ1) is 27.4. The third-order valence-electron chi connectivity index (χ3n) is 9.60. The first-order valence-corrected chi connectivity index (χ1v) is 13.9. The van der Waals surface area contributed by atoms with Crippen molar-refractivity contribution in [3.63, 3.8) is 0 Å². The molecule has 0 bridgehead atoms. The summed E-state index contributed by atoms with van der Waals surface area (Å²) in [5.74, 6) is -0.283. The van der Waals surface area contributed by atoms with Gasteiger partial charge < -0.3 is 10.6 Å². The van der Waals surface area contributed by atoms with Crippen molar-refractivity contribution in [3.8, 4) is 0 Å². The lowest BCUT2D eigenvalue weighted by Crippen LogP contribution is -2.24. The zero-order valence-corrected chi connectivity index (χ0v) is 25.3. The van der Waals surface area contributed by atoms with Crippen molar-refractivity contribution in [2.45, 2.75) is 69.2 Å². The van der Waals surface area contributed by atoms with Gasteiger partial charge in [0, 0.05) is 22.5 Å². The van der Waals surface area contributed by atoms with Crippen LogP contribution in [0.15, 0.2) is 36.4 Å². The molecular weight excluding hydrogens is 492 g/mol. The van der Waals surface area contributed by atoms with E-state index in [1.165, 1.54) is 33.4 Å². The predicted octanol–water partition coefficient (Wildman–Crippen LogP) is 9.03. The number of carbonyl (C=O) groups excluding carboxylic acids is 2. The number of hydrogen-bond acceptors (Lipinski definition) is 4. The van der Waals surface area contributed by atoms with Crippen LogP contribution in [0.4, 0.5) is 22.7 Å². The van der Waals surface area contributed by atoms with Gasteiger partial charge in [-0.15, -0.1) is 0 Å². The van der Waals surface area contributed by atoms with Crippen molar-refractivity contribution >= 4 is 34.3 Å². The quantitative estimate of drug-likeness (QED) is 0.243. The number of rotatable bonds is 4. The predicted molar refractivity (Wildman–Crippen MR) is 167 cm³/mol. The highest BCUT2D eigenvalue weighted by Crippen LogP contribution is 2.42. The number of nitrogens with one attached hydrogen (secondary N) is 2. The summed E-state index contributed by atoms with van der Waals surface area (Å²) in [5.41, 5.74) is 17.0. The number of carbonyl (C=O) groups is 2. The van der Waals surface area contributed by atoms with E-state index >= 15 is 0 Å². The molecule has 4 aromatic rings. The van der Waals surface area contributed by atoms with E-state index in [-0.39, 0.29) is 11.6 Å². The Morgan fingerprint density at radius 3 is 0.975 bits per heavy atom. The molecule has 0 saturated heterocycles. The molecule has 0 spiro atoms. The van der Waals surface area contributed by atoms with Crippen LogP contribution in [-0.2, 0) is 0 Å². The number of benzene rings is 4. The summed E-state index contributed by atoms with van der Waals surface area (Å²) in [7, 11) is 0. The molecule has 5 rings (SSSR count). The average Bonchev–Trinajstić information content (AvgIpc) is 2.96. The van der Waals surface area contributed by atoms with Gasteiger partial charge in [-0.1, -0.05) is 24.3 Å². The molecule has 4 aromatic carbocycles. The topological polar surface area (TPSA) is 58.2 Å². The van der Waals surface area contributed by atoms with Crippen LogP contribution < -0.4 is 10.6 Å². The van der Waals surface area contributed by atoms with Gasteiger partial charge in [0.25, 0.3) is 0 Å². The maximum Gasteiger partial charge on any atom is 0.196 e. The van der Waals surface area contributed by atoms with Crippen LogP contribution in [0.1, 0.15) is 87.5 Å². The molecule has 0 fully saturated rings. The lowest BCUT2D eigenvalue weighted by Gasteiger charge is -2.27.